The van der Waals surface area contributed by atoms with Crippen LogP contribution in [-0.2, 0) is 23.9 Å². The molecule has 0 bridgehead atoms. The Morgan fingerprint density at radius 2 is 1.76 bits per heavy atom. The number of methoxy groups -OCH3 is 1. The van der Waals surface area contributed by atoms with E-state index in [0.29, 0.717) is 12.0 Å². The fourth-order valence-electron chi connectivity index (χ4n) is 4.15. The second kappa shape index (κ2) is 12.4. The summed E-state index contributed by atoms with van der Waals surface area (Å²) in [6.07, 6.45) is 0.674. The van der Waals surface area contributed by atoms with Crippen molar-refractivity contribution in [3.63, 3.8) is 0 Å². The second-order valence-electron chi connectivity index (χ2n) is 11.1. The van der Waals surface area contributed by atoms with Gasteiger partial charge in [0.25, 0.3) is 0 Å². The maximum Gasteiger partial charge on any atom is 0.408 e. The summed E-state index contributed by atoms with van der Waals surface area (Å²) in [5, 5.41) is 5.40. The molecule has 9 heteroatoms. The molecule has 9 nitrogen and oxygen atoms in total. The highest BCUT2D eigenvalue weighted by atomic mass is 16.6. The molecule has 1 saturated carbocycles. The summed E-state index contributed by atoms with van der Waals surface area (Å²) in [5.74, 6) is -1.46. The van der Waals surface area contributed by atoms with Crippen LogP contribution in [0, 0.1) is 25.7 Å². The molecule has 1 aromatic carbocycles. The lowest BCUT2D eigenvalue weighted by atomic mass is 9.94. The van der Waals surface area contributed by atoms with Crippen molar-refractivity contribution in [2.24, 2.45) is 11.8 Å². The second-order valence-corrected chi connectivity index (χ2v) is 11.1. The maximum atomic E-state index is 14.2. The number of rotatable bonds is 10. The van der Waals surface area contributed by atoms with Crippen LogP contribution in [0.15, 0.2) is 18.2 Å². The van der Waals surface area contributed by atoms with E-state index in [-0.39, 0.29) is 30.3 Å². The molecule has 5 unspecified atom stereocenters. The zero-order valence-electron chi connectivity index (χ0n) is 23.6. The normalized spacial score (nSPS) is 19.2. The van der Waals surface area contributed by atoms with Crippen molar-refractivity contribution in [3.8, 4) is 0 Å². The van der Waals surface area contributed by atoms with Gasteiger partial charge in [0, 0.05) is 6.04 Å². The molecule has 0 radical (unpaired) electrons. The van der Waals surface area contributed by atoms with E-state index in [0.717, 1.165) is 17.5 Å². The van der Waals surface area contributed by atoms with Crippen molar-refractivity contribution in [2.45, 2.75) is 92.0 Å². The summed E-state index contributed by atoms with van der Waals surface area (Å²) < 4.78 is 10.1. The lowest BCUT2D eigenvalue weighted by molar-refractivity contribution is -0.146. The summed E-state index contributed by atoms with van der Waals surface area (Å²) in [4.78, 5) is 53.9. The van der Waals surface area contributed by atoms with Crippen molar-refractivity contribution >= 4 is 23.9 Å². The smallest absolute Gasteiger partial charge is 0.408 e. The van der Waals surface area contributed by atoms with Crippen molar-refractivity contribution in [1.29, 1.82) is 0 Å². The van der Waals surface area contributed by atoms with Crippen LogP contribution < -0.4 is 10.6 Å². The van der Waals surface area contributed by atoms with Gasteiger partial charge in [-0.2, -0.15) is 0 Å². The molecule has 2 rings (SSSR count). The summed E-state index contributed by atoms with van der Waals surface area (Å²) >= 11 is 0. The van der Waals surface area contributed by atoms with Crippen LogP contribution in [0.25, 0.3) is 0 Å². The highest BCUT2D eigenvalue weighted by Gasteiger charge is 2.49. The van der Waals surface area contributed by atoms with Crippen molar-refractivity contribution in [3.05, 3.63) is 34.9 Å². The van der Waals surface area contributed by atoms with Crippen LogP contribution in [0.2, 0.25) is 0 Å². The topological polar surface area (TPSA) is 114 Å². The molecule has 1 aliphatic carbocycles. The number of carbonyl (C=O) groups excluding carboxylic acids is 4. The van der Waals surface area contributed by atoms with Crippen LogP contribution in [-0.4, -0.2) is 60.1 Å². The fraction of sp³-hybridized carbons (Fsp3) is 0.643. The number of hydrogen-bond acceptors (Lipinski definition) is 6. The van der Waals surface area contributed by atoms with Crippen LogP contribution in [0.1, 0.15) is 77.1 Å². The quantitative estimate of drug-likeness (QED) is 0.456. The van der Waals surface area contributed by atoms with Gasteiger partial charge in [0.15, 0.2) is 0 Å². The van der Waals surface area contributed by atoms with Crippen molar-refractivity contribution < 1.29 is 28.7 Å². The van der Waals surface area contributed by atoms with Crippen molar-refractivity contribution in [1.82, 2.24) is 15.5 Å². The first kappa shape index (κ1) is 30.1. The number of carbonyl (C=O) groups is 4. The number of ether oxygens (including phenoxy) is 2. The van der Waals surface area contributed by atoms with E-state index < -0.39 is 35.7 Å². The number of esters is 1. The van der Waals surface area contributed by atoms with E-state index in [1.54, 1.807) is 25.7 Å². The Kier molecular flexibility index (Phi) is 10.1. The van der Waals surface area contributed by atoms with E-state index in [2.05, 4.69) is 15.4 Å². The van der Waals surface area contributed by atoms with Gasteiger partial charge in [0.1, 0.15) is 24.2 Å². The Morgan fingerprint density at radius 3 is 2.24 bits per heavy atom. The number of hydrogen-bond donors (Lipinski definition) is 2. The van der Waals surface area contributed by atoms with Gasteiger partial charge < -0.3 is 25.0 Å². The van der Waals surface area contributed by atoms with Crippen LogP contribution in [0.5, 0.6) is 0 Å². The Bertz CT molecular complexity index is 1000. The predicted octanol–water partition coefficient (Wildman–Crippen LogP) is 3.81. The van der Waals surface area contributed by atoms with Gasteiger partial charge in [-0.3, -0.25) is 14.4 Å². The van der Waals surface area contributed by atoms with Gasteiger partial charge in [-0.15, -0.1) is 0 Å². The summed E-state index contributed by atoms with van der Waals surface area (Å²) in [6.45, 7) is 14.7. The number of amides is 3. The molecule has 206 valence electrons. The third kappa shape index (κ3) is 8.20. The SMILES string of the molecule is CCC(C)C(NC(=O)OC(C)(C)C)C(=O)N(C(C(=O)NCC(=O)OC)c1ccc(C)c(C)c1)C1CC1C. The largest absolute Gasteiger partial charge is 0.468 e. The number of nitrogens with one attached hydrogen (secondary N) is 2. The zero-order chi connectivity index (χ0) is 28.1. The number of nitrogens with zero attached hydrogens (tertiary/aromatic N) is 1. The molecule has 0 aromatic heterocycles. The Labute approximate surface area is 220 Å². The van der Waals surface area contributed by atoms with Gasteiger partial charge >= 0.3 is 12.1 Å². The first-order valence-corrected chi connectivity index (χ1v) is 12.9. The molecular formula is C28H43N3O6. The lowest BCUT2D eigenvalue weighted by Crippen LogP contribution is -2.56. The average molecular weight is 518 g/mol. The Morgan fingerprint density at radius 1 is 1.14 bits per heavy atom. The molecule has 1 aromatic rings. The molecule has 3 amide bonds. The van der Waals surface area contributed by atoms with E-state index in [1.807, 2.05) is 52.8 Å². The van der Waals surface area contributed by atoms with Crippen LogP contribution >= 0.6 is 0 Å². The molecule has 37 heavy (non-hydrogen) atoms. The maximum absolute atomic E-state index is 14.2. The number of benzene rings is 1. The molecule has 1 aliphatic rings. The van der Waals surface area contributed by atoms with Crippen LogP contribution in [0.3, 0.4) is 0 Å². The minimum atomic E-state index is -0.988. The van der Waals surface area contributed by atoms with Gasteiger partial charge in [0.2, 0.25) is 11.8 Å². The minimum Gasteiger partial charge on any atom is -0.468 e. The van der Waals surface area contributed by atoms with Gasteiger partial charge in [-0.1, -0.05) is 45.4 Å². The number of alkyl carbamates (subject to hydrolysis) is 1. The highest BCUT2D eigenvalue weighted by Crippen LogP contribution is 2.41. The standard InChI is InChI=1S/C28H43N3O6/c1-10-16(2)23(30-27(35)37-28(6,7)8)26(34)31(21-14-19(21)5)24(25(33)29-15-22(32)36-9)20-12-11-17(3)18(4)13-20/h11-13,16,19,21,23-24H,10,14-15H2,1-9H3,(H,29,33)(H,30,35). The lowest BCUT2D eigenvalue weighted by Gasteiger charge is -2.36. The average Bonchev–Trinajstić information content (AvgIpc) is 3.54. The predicted molar refractivity (Wildman–Crippen MR) is 141 cm³/mol. The third-order valence-electron chi connectivity index (χ3n) is 6.84. The fourth-order valence-corrected chi connectivity index (χ4v) is 4.15. The minimum absolute atomic E-state index is 0.185. The van der Waals surface area contributed by atoms with Gasteiger partial charge in [-0.05, 0) is 69.6 Å². The first-order valence-electron chi connectivity index (χ1n) is 12.9. The first-order chi connectivity index (χ1) is 17.2. The zero-order valence-corrected chi connectivity index (χ0v) is 23.6. The molecule has 2 N–H and O–H groups in total. The van der Waals surface area contributed by atoms with Crippen LogP contribution in [0.4, 0.5) is 4.79 Å². The van der Waals surface area contributed by atoms with E-state index in [9.17, 15) is 19.2 Å². The highest BCUT2D eigenvalue weighted by molar-refractivity contribution is 5.93. The summed E-state index contributed by atoms with van der Waals surface area (Å²) in [6, 6.07) is 3.57. The van der Waals surface area contributed by atoms with E-state index in [4.69, 9.17) is 4.74 Å². The summed E-state index contributed by atoms with van der Waals surface area (Å²) in [5.41, 5.74) is 1.94. The third-order valence-corrected chi connectivity index (χ3v) is 6.84. The Hall–Kier alpha value is -3.10. The van der Waals surface area contributed by atoms with Gasteiger partial charge in [0.05, 0.1) is 7.11 Å². The van der Waals surface area contributed by atoms with E-state index >= 15 is 0 Å². The molecule has 0 aliphatic heterocycles. The monoisotopic (exact) mass is 517 g/mol. The Balaban J connectivity index is 2.53. The summed E-state index contributed by atoms with van der Waals surface area (Å²) in [7, 11) is 1.25. The van der Waals surface area contributed by atoms with Gasteiger partial charge in [-0.25, -0.2) is 4.79 Å². The molecule has 1 fully saturated rings. The van der Waals surface area contributed by atoms with E-state index in [1.165, 1.54) is 7.11 Å². The molecule has 5 atom stereocenters. The molecule has 0 spiro atoms. The van der Waals surface area contributed by atoms with Crippen molar-refractivity contribution in [2.75, 3.05) is 13.7 Å². The molecule has 0 saturated heterocycles. The molecule has 0 heterocycles. The molecular weight excluding hydrogens is 474 g/mol. The number of aryl methyl sites for hydroxylation is 2.